The van der Waals surface area contributed by atoms with E-state index in [1.165, 1.54) is 10.9 Å². The molecule has 12 nitrogen and oxygen atoms in total. The highest BCUT2D eigenvalue weighted by Gasteiger charge is 2.47. The van der Waals surface area contributed by atoms with E-state index in [4.69, 9.17) is 10.5 Å². The highest BCUT2D eigenvalue weighted by Crippen LogP contribution is 2.33. The summed E-state index contributed by atoms with van der Waals surface area (Å²) in [5, 5.41) is 26.2. The molecular weight excluding hydrogens is 454 g/mol. The Labute approximate surface area is 202 Å². The van der Waals surface area contributed by atoms with Crippen molar-refractivity contribution in [3.63, 3.8) is 0 Å². The number of hydrogen-bond donors (Lipinski definition) is 5. The van der Waals surface area contributed by atoms with E-state index >= 15 is 0 Å². The highest BCUT2D eigenvalue weighted by molar-refractivity contribution is 5.83. The molecule has 2 aromatic rings. The van der Waals surface area contributed by atoms with Gasteiger partial charge in [-0.1, -0.05) is 5.92 Å². The van der Waals surface area contributed by atoms with Crippen LogP contribution in [0, 0.1) is 23.7 Å². The zero-order valence-corrected chi connectivity index (χ0v) is 19.8. The SMILES string of the molecule is CCNC(=O)[C@H]1O[C@@H](n2cnc3c(N)nc(C#CCC4CCC(C(=O)NC)CC4)nc32)C(O)[C@H]1O. The summed E-state index contributed by atoms with van der Waals surface area (Å²) in [5.41, 5.74) is 6.65. The number of nitrogens with one attached hydrogen (secondary N) is 2. The van der Waals surface area contributed by atoms with Crippen LogP contribution < -0.4 is 16.4 Å². The van der Waals surface area contributed by atoms with Crippen molar-refractivity contribution < 1.29 is 24.5 Å². The van der Waals surface area contributed by atoms with Gasteiger partial charge in [-0.3, -0.25) is 14.2 Å². The Bertz CT molecular complexity index is 1150. The number of nitrogens with two attached hydrogens (primary N) is 1. The number of aromatic nitrogens is 4. The maximum absolute atomic E-state index is 12.2. The van der Waals surface area contributed by atoms with Gasteiger partial charge < -0.3 is 31.3 Å². The summed E-state index contributed by atoms with van der Waals surface area (Å²) >= 11 is 0. The third-order valence-electron chi connectivity index (χ3n) is 6.63. The zero-order valence-electron chi connectivity index (χ0n) is 19.8. The molecule has 4 rings (SSSR count). The molecule has 1 aliphatic heterocycles. The van der Waals surface area contributed by atoms with Crippen molar-refractivity contribution >= 4 is 28.8 Å². The quantitative estimate of drug-likeness (QED) is 0.348. The second kappa shape index (κ2) is 10.6. The molecule has 0 bridgehead atoms. The first-order valence-corrected chi connectivity index (χ1v) is 11.8. The summed E-state index contributed by atoms with van der Waals surface area (Å²) in [7, 11) is 1.66. The molecule has 1 unspecified atom stereocenters. The van der Waals surface area contributed by atoms with Gasteiger partial charge in [0.25, 0.3) is 5.91 Å². The number of imidazole rings is 1. The van der Waals surface area contributed by atoms with Crippen molar-refractivity contribution in [2.45, 2.75) is 63.6 Å². The number of aliphatic hydroxyl groups is 2. The molecule has 2 fully saturated rings. The number of nitrogen functional groups attached to an aromatic ring is 1. The molecule has 1 saturated carbocycles. The van der Waals surface area contributed by atoms with E-state index in [2.05, 4.69) is 37.4 Å². The summed E-state index contributed by atoms with van der Waals surface area (Å²) < 4.78 is 7.09. The maximum atomic E-state index is 12.2. The van der Waals surface area contributed by atoms with Crippen LogP contribution in [0.3, 0.4) is 0 Å². The van der Waals surface area contributed by atoms with Crippen LogP contribution in [0.5, 0.6) is 0 Å². The van der Waals surface area contributed by atoms with Crippen LogP contribution in [-0.4, -0.2) is 73.5 Å². The van der Waals surface area contributed by atoms with Crippen molar-refractivity contribution in [2.24, 2.45) is 11.8 Å². The van der Waals surface area contributed by atoms with Gasteiger partial charge in [-0.15, -0.1) is 0 Å². The number of carbonyl (C=O) groups is 2. The molecule has 0 radical (unpaired) electrons. The number of ether oxygens (including phenoxy) is 1. The molecule has 188 valence electrons. The molecule has 2 aromatic heterocycles. The predicted molar refractivity (Wildman–Crippen MR) is 125 cm³/mol. The lowest BCUT2D eigenvalue weighted by molar-refractivity contribution is -0.137. The first kappa shape index (κ1) is 24.8. The first-order valence-electron chi connectivity index (χ1n) is 11.8. The minimum atomic E-state index is -1.42. The molecule has 1 aliphatic carbocycles. The van der Waals surface area contributed by atoms with Gasteiger partial charge >= 0.3 is 0 Å². The Balaban J connectivity index is 1.49. The van der Waals surface area contributed by atoms with E-state index in [1.54, 1.807) is 14.0 Å². The van der Waals surface area contributed by atoms with Crippen molar-refractivity contribution in [1.82, 2.24) is 30.2 Å². The topological polar surface area (TPSA) is 178 Å². The molecule has 1 saturated heterocycles. The van der Waals surface area contributed by atoms with Crippen molar-refractivity contribution in [3.8, 4) is 11.8 Å². The highest BCUT2D eigenvalue weighted by atomic mass is 16.6. The molecule has 2 aliphatic rings. The van der Waals surface area contributed by atoms with Crippen molar-refractivity contribution in [3.05, 3.63) is 12.2 Å². The van der Waals surface area contributed by atoms with Gasteiger partial charge in [-0.2, -0.15) is 0 Å². The monoisotopic (exact) mass is 485 g/mol. The number of amides is 2. The Morgan fingerprint density at radius 3 is 2.63 bits per heavy atom. The van der Waals surface area contributed by atoms with Crippen LogP contribution in [0.2, 0.25) is 0 Å². The van der Waals surface area contributed by atoms with Gasteiger partial charge in [0.05, 0.1) is 6.33 Å². The van der Waals surface area contributed by atoms with Gasteiger partial charge in [0.1, 0.15) is 17.7 Å². The lowest BCUT2D eigenvalue weighted by atomic mass is 9.80. The van der Waals surface area contributed by atoms with Gasteiger partial charge in [-0.25, -0.2) is 15.0 Å². The lowest BCUT2D eigenvalue weighted by Gasteiger charge is -2.26. The fourth-order valence-corrected chi connectivity index (χ4v) is 4.67. The molecule has 0 aromatic carbocycles. The van der Waals surface area contributed by atoms with Crippen LogP contribution in [0.1, 0.15) is 51.1 Å². The Kier molecular flexibility index (Phi) is 7.49. The fourth-order valence-electron chi connectivity index (χ4n) is 4.67. The smallest absolute Gasteiger partial charge is 0.252 e. The van der Waals surface area contributed by atoms with Gasteiger partial charge in [0.2, 0.25) is 11.7 Å². The van der Waals surface area contributed by atoms with Crippen LogP contribution in [-0.2, 0) is 14.3 Å². The Morgan fingerprint density at radius 1 is 1.20 bits per heavy atom. The van der Waals surface area contributed by atoms with E-state index in [9.17, 15) is 19.8 Å². The molecule has 35 heavy (non-hydrogen) atoms. The van der Waals surface area contributed by atoms with Gasteiger partial charge in [0.15, 0.2) is 23.8 Å². The number of nitrogens with zero attached hydrogens (tertiary/aromatic N) is 4. The average Bonchev–Trinajstić information content (AvgIpc) is 3.40. The number of rotatable bonds is 5. The predicted octanol–water partition coefficient (Wildman–Crippen LogP) is -0.542. The van der Waals surface area contributed by atoms with Gasteiger partial charge in [0, 0.05) is 25.9 Å². The summed E-state index contributed by atoms with van der Waals surface area (Å²) in [5.74, 6) is 6.46. The van der Waals surface area contributed by atoms with Crippen LogP contribution in [0.15, 0.2) is 6.33 Å². The number of likely N-dealkylation sites (N-methyl/N-ethyl adjacent to an activating group) is 1. The molecule has 0 spiro atoms. The molecule has 3 heterocycles. The molecule has 2 amide bonds. The number of fused-ring (bicyclic) bond motifs is 1. The minimum Gasteiger partial charge on any atom is -0.387 e. The summed E-state index contributed by atoms with van der Waals surface area (Å²) in [6, 6.07) is 0. The van der Waals surface area contributed by atoms with E-state index in [0.29, 0.717) is 24.4 Å². The third kappa shape index (κ3) is 5.07. The number of aliphatic hydroxyl groups excluding tert-OH is 2. The Morgan fingerprint density at radius 2 is 1.94 bits per heavy atom. The minimum absolute atomic E-state index is 0.0781. The Hall–Kier alpha value is -3.27. The summed E-state index contributed by atoms with van der Waals surface area (Å²) in [6.45, 7) is 2.11. The fraction of sp³-hybridized carbons (Fsp3) is 0.609. The van der Waals surface area contributed by atoms with Crippen LogP contribution in [0.4, 0.5) is 5.82 Å². The first-order chi connectivity index (χ1) is 16.8. The number of carbonyl (C=O) groups excluding carboxylic acids is 2. The number of anilines is 1. The third-order valence-corrected chi connectivity index (χ3v) is 6.63. The molecule has 12 heteroatoms. The van der Waals surface area contributed by atoms with Crippen LogP contribution >= 0.6 is 0 Å². The zero-order chi connectivity index (χ0) is 25.1. The average molecular weight is 486 g/mol. The molecular formula is C23H31N7O5. The second-order valence-corrected chi connectivity index (χ2v) is 8.92. The lowest BCUT2D eigenvalue weighted by Crippen LogP contribution is -2.42. The molecule has 6 N–H and O–H groups in total. The number of hydrogen-bond acceptors (Lipinski definition) is 9. The van der Waals surface area contributed by atoms with Crippen LogP contribution in [0.25, 0.3) is 11.2 Å². The van der Waals surface area contributed by atoms with Crippen molar-refractivity contribution in [1.29, 1.82) is 0 Å². The standard InChI is InChI=1S/C23H31N7O5/c1-3-26-22(34)18-16(31)17(32)23(35-18)30-11-27-15-19(24)28-14(29-20(15)30)6-4-5-12-7-9-13(10-8-12)21(33)25-2/h11-13,16-18,23,31-32H,3,5,7-10H2,1-2H3,(H,25,33)(H,26,34)(H2,24,28,29)/t12?,13?,16-,17?,18+,23-/m1/s1. The maximum Gasteiger partial charge on any atom is 0.252 e. The van der Waals surface area contributed by atoms with Gasteiger partial charge in [-0.05, 0) is 44.4 Å². The normalized spacial score (nSPS) is 28.3. The summed E-state index contributed by atoms with van der Waals surface area (Å²) in [6.07, 6.45) is 0.501. The molecule has 4 atom stereocenters. The largest absolute Gasteiger partial charge is 0.387 e. The van der Waals surface area contributed by atoms with E-state index in [-0.39, 0.29) is 29.1 Å². The van der Waals surface area contributed by atoms with E-state index in [1.807, 2.05) is 0 Å². The van der Waals surface area contributed by atoms with E-state index in [0.717, 1.165) is 25.7 Å². The van der Waals surface area contributed by atoms with Crippen molar-refractivity contribution in [2.75, 3.05) is 19.3 Å². The summed E-state index contributed by atoms with van der Waals surface area (Å²) in [4.78, 5) is 36.9. The second-order valence-electron chi connectivity index (χ2n) is 8.92. The van der Waals surface area contributed by atoms with E-state index < -0.39 is 30.4 Å².